The third kappa shape index (κ3) is 3.66. The Morgan fingerprint density at radius 1 is 1.35 bits per heavy atom. The summed E-state index contributed by atoms with van der Waals surface area (Å²) in [5.41, 5.74) is 0.815. The lowest BCUT2D eigenvalue weighted by Crippen LogP contribution is -2.50. The maximum absolute atomic E-state index is 12.9. The molecule has 8 heteroatoms. The van der Waals surface area contributed by atoms with Gasteiger partial charge in [-0.2, -0.15) is 5.10 Å². The van der Waals surface area contributed by atoms with Gasteiger partial charge in [0.05, 0.1) is 33.5 Å². The van der Waals surface area contributed by atoms with Gasteiger partial charge in [-0.3, -0.25) is 9.48 Å². The van der Waals surface area contributed by atoms with Crippen molar-refractivity contribution in [2.45, 2.75) is 18.7 Å². The van der Waals surface area contributed by atoms with Crippen molar-refractivity contribution in [1.82, 2.24) is 14.7 Å². The second-order valence-electron chi connectivity index (χ2n) is 5.94. The number of carbonyl (C=O) groups is 1. The Morgan fingerprint density at radius 3 is 2.81 bits per heavy atom. The van der Waals surface area contributed by atoms with E-state index in [1.54, 1.807) is 48.3 Å². The van der Waals surface area contributed by atoms with Crippen LogP contribution in [0, 0.1) is 0 Å². The van der Waals surface area contributed by atoms with E-state index in [0.717, 1.165) is 5.56 Å². The van der Waals surface area contributed by atoms with E-state index in [2.05, 4.69) is 5.10 Å². The first-order chi connectivity index (χ1) is 12.7. The van der Waals surface area contributed by atoms with E-state index >= 15 is 0 Å². The van der Waals surface area contributed by atoms with Crippen LogP contribution in [0.1, 0.15) is 11.6 Å². The summed E-state index contributed by atoms with van der Waals surface area (Å²) in [4.78, 5) is 14.6. The van der Waals surface area contributed by atoms with Gasteiger partial charge in [0.2, 0.25) is 5.91 Å². The quantitative estimate of drug-likeness (QED) is 0.821. The lowest BCUT2D eigenvalue weighted by Gasteiger charge is -2.41. The highest BCUT2D eigenvalue weighted by Crippen LogP contribution is 2.35. The molecule has 1 N–H and O–H groups in total. The molecule has 140 valence electrons. The molecule has 1 aliphatic rings. The molecule has 1 amide bonds. The minimum atomic E-state index is -0.511. The second-order valence-corrected chi connectivity index (χ2v) is 5.94. The minimum absolute atomic E-state index is 0.0877. The van der Waals surface area contributed by atoms with Gasteiger partial charge in [0.1, 0.15) is 12.6 Å². The summed E-state index contributed by atoms with van der Waals surface area (Å²) in [5.74, 6) is 1.07. The number of benzene rings is 1. The molecule has 0 radical (unpaired) electrons. The zero-order valence-electron chi connectivity index (χ0n) is 14.9. The van der Waals surface area contributed by atoms with Crippen molar-refractivity contribution in [1.29, 1.82) is 0 Å². The van der Waals surface area contributed by atoms with Crippen LogP contribution in [0.2, 0.25) is 0 Å². The summed E-state index contributed by atoms with van der Waals surface area (Å²) in [6.07, 6.45) is 2.87. The summed E-state index contributed by atoms with van der Waals surface area (Å²) in [6.45, 7) is 0.759. The van der Waals surface area contributed by atoms with E-state index in [0.29, 0.717) is 24.7 Å². The van der Waals surface area contributed by atoms with Crippen molar-refractivity contribution >= 4 is 5.91 Å². The van der Waals surface area contributed by atoms with Gasteiger partial charge < -0.3 is 24.2 Å². The number of methoxy groups -OCH3 is 2. The smallest absolute Gasteiger partial charge is 0.244 e. The molecule has 0 aliphatic carbocycles. The number of amides is 1. The number of aliphatic hydroxyl groups is 1. The normalized spacial score (nSPS) is 20.0. The van der Waals surface area contributed by atoms with Crippen molar-refractivity contribution in [3.8, 4) is 11.5 Å². The number of aliphatic hydroxyl groups excluding tert-OH is 1. The van der Waals surface area contributed by atoms with Gasteiger partial charge in [-0.05, 0) is 23.8 Å². The molecule has 0 spiro atoms. The number of ether oxygens (including phenoxy) is 3. The molecule has 3 rings (SSSR count). The topological polar surface area (TPSA) is 86.0 Å². The third-order valence-corrected chi connectivity index (χ3v) is 4.46. The van der Waals surface area contributed by atoms with E-state index in [1.807, 2.05) is 12.1 Å². The van der Waals surface area contributed by atoms with Crippen LogP contribution in [0.5, 0.6) is 11.5 Å². The zero-order chi connectivity index (χ0) is 18.5. The highest BCUT2D eigenvalue weighted by molar-refractivity contribution is 5.76. The molecule has 2 atom stereocenters. The van der Waals surface area contributed by atoms with Gasteiger partial charge >= 0.3 is 0 Å². The van der Waals surface area contributed by atoms with E-state index < -0.39 is 12.1 Å². The van der Waals surface area contributed by atoms with Crippen LogP contribution < -0.4 is 9.47 Å². The number of morpholine rings is 1. The summed E-state index contributed by atoms with van der Waals surface area (Å²) in [5, 5.41) is 13.9. The molecule has 26 heavy (non-hydrogen) atoms. The fourth-order valence-electron chi connectivity index (χ4n) is 3.22. The summed E-state index contributed by atoms with van der Waals surface area (Å²) >= 11 is 0. The van der Waals surface area contributed by atoms with Crippen LogP contribution >= 0.6 is 0 Å². The molecule has 1 fully saturated rings. The number of nitrogens with zero attached hydrogens (tertiary/aromatic N) is 3. The lowest BCUT2D eigenvalue weighted by atomic mass is 9.97. The largest absolute Gasteiger partial charge is 0.493 e. The number of hydrogen-bond donors (Lipinski definition) is 1. The van der Waals surface area contributed by atoms with Crippen LogP contribution in [0.25, 0.3) is 0 Å². The van der Waals surface area contributed by atoms with E-state index in [4.69, 9.17) is 14.2 Å². The molecule has 2 unspecified atom stereocenters. The summed E-state index contributed by atoms with van der Waals surface area (Å²) in [7, 11) is 3.13. The van der Waals surface area contributed by atoms with Gasteiger partial charge in [0, 0.05) is 18.9 Å². The Labute approximate surface area is 151 Å². The summed E-state index contributed by atoms with van der Waals surface area (Å²) in [6, 6.07) is 6.81. The van der Waals surface area contributed by atoms with Crippen molar-refractivity contribution in [3.05, 3.63) is 42.2 Å². The van der Waals surface area contributed by atoms with Crippen LogP contribution in [-0.4, -0.2) is 65.8 Å². The third-order valence-electron chi connectivity index (χ3n) is 4.46. The Kier molecular flexibility index (Phi) is 5.75. The zero-order valence-corrected chi connectivity index (χ0v) is 14.9. The molecule has 2 heterocycles. The Hall–Kier alpha value is -2.58. The van der Waals surface area contributed by atoms with Crippen LogP contribution in [0.3, 0.4) is 0 Å². The van der Waals surface area contributed by atoms with Crippen LogP contribution in [0.4, 0.5) is 0 Å². The van der Waals surface area contributed by atoms with E-state index in [-0.39, 0.29) is 19.1 Å². The monoisotopic (exact) mass is 361 g/mol. The number of hydrogen-bond acceptors (Lipinski definition) is 6. The molecule has 0 bridgehead atoms. The molecular weight excluding hydrogens is 338 g/mol. The van der Waals surface area contributed by atoms with Crippen molar-refractivity contribution < 1.29 is 24.1 Å². The van der Waals surface area contributed by atoms with Crippen LogP contribution in [0.15, 0.2) is 36.7 Å². The van der Waals surface area contributed by atoms with Gasteiger partial charge in [0.15, 0.2) is 11.5 Å². The standard InChI is InChI=1S/C18H23N3O5/c1-24-14-5-4-13(10-15(14)25-2)18-16(12-22)26-9-8-21(18)17(23)11-20-7-3-6-19-20/h3-7,10,16,18,22H,8-9,11-12H2,1-2H3. The van der Waals surface area contributed by atoms with Crippen molar-refractivity contribution in [2.75, 3.05) is 34.0 Å². The molecular formula is C18H23N3O5. The fourth-order valence-corrected chi connectivity index (χ4v) is 3.22. The molecule has 1 aliphatic heterocycles. The molecule has 1 saturated heterocycles. The highest BCUT2D eigenvalue weighted by atomic mass is 16.5. The Morgan fingerprint density at radius 2 is 2.15 bits per heavy atom. The average molecular weight is 361 g/mol. The predicted octanol–water partition coefficient (Wildman–Crippen LogP) is 0.861. The van der Waals surface area contributed by atoms with Crippen LogP contribution in [-0.2, 0) is 16.1 Å². The van der Waals surface area contributed by atoms with E-state index in [9.17, 15) is 9.90 Å². The Balaban J connectivity index is 1.91. The first kappa shape index (κ1) is 18.2. The predicted molar refractivity (Wildman–Crippen MR) is 93.1 cm³/mol. The Bertz CT molecular complexity index is 734. The minimum Gasteiger partial charge on any atom is -0.493 e. The molecule has 8 nitrogen and oxygen atoms in total. The maximum Gasteiger partial charge on any atom is 0.244 e. The highest BCUT2D eigenvalue weighted by Gasteiger charge is 2.36. The summed E-state index contributed by atoms with van der Waals surface area (Å²) < 4.78 is 17.9. The van der Waals surface area contributed by atoms with E-state index in [1.165, 1.54) is 0 Å². The molecule has 0 saturated carbocycles. The van der Waals surface area contributed by atoms with Crippen molar-refractivity contribution in [3.63, 3.8) is 0 Å². The van der Waals surface area contributed by atoms with Gasteiger partial charge in [0.25, 0.3) is 0 Å². The number of carbonyl (C=O) groups excluding carboxylic acids is 1. The fraction of sp³-hybridized carbons (Fsp3) is 0.444. The number of rotatable bonds is 6. The first-order valence-electron chi connectivity index (χ1n) is 8.39. The second kappa shape index (κ2) is 8.20. The molecule has 1 aromatic carbocycles. The van der Waals surface area contributed by atoms with Crippen molar-refractivity contribution in [2.24, 2.45) is 0 Å². The first-order valence-corrected chi connectivity index (χ1v) is 8.39. The molecule has 1 aromatic heterocycles. The number of aromatic nitrogens is 2. The molecule has 2 aromatic rings. The SMILES string of the molecule is COc1ccc(C2C(CO)OCCN2C(=O)Cn2cccn2)cc1OC. The van der Waals surface area contributed by atoms with Gasteiger partial charge in [-0.1, -0.05) is 6.07 Å². The lowest BCUT2D eigenvalue weighted by molar-refractivity contribution is -0.150. The maximum atomic E-state index is 12.9. The van der Waals surface area contributed by atoms with Gasteiger partial charge in [-0.25, -0.2) is 0 Å². The van der Waals surface area contributed by atoms with Gasteiger partial charge in [-0.15, -0.1) is 0 Å². The average Bonchev–Trinajstić information content (AvgIpc) is 3.19.